The van der Waals surface area contributed by atoms with E-state index in [0.29, 0.717) is 33.4 Å². The molecule has 12 heteroatoms. The van der Waals surface area contributed by atoms with Crippen LogP contribution in [0.25, 0.3) is 33.4 Å². The van der Waals surface area contributed by atoms with Gasteiger partial charge in [0.1, 0.15) is 17.5 Å². The molecule has 0 aliphatic carbocycles. The average Bonchev–Trinajstić information content (AvgIpc) is 3.18. The van der Waals surface area contributed by atoms with Crippen LogP contribution in [0.15, 0.2) is 193 Å². The van der Waals surface area contributed by atoms with Crippen molar-refractivity contribution in [1.82, 2.24) is 0 Å². The molecule has 0 N–H and O–H groups in total. The van der Waals surface area contributed by atoms with Crippen LogP contribution in [0, 0.1) is 17.5 Å². The first kappa shape index (κ1) is 36.5. The van der Waals surface area contributed by atoms with Gasteiger partial charge in [-0.15, -0.1) is 0 Å². The second kappa shape index (κ2) is 14.2. The van der Waals surface area contributed by atoms with Crippen LogP contribution >= 0.6 is 0 Å². The van der Waals surface area contributed by atoms with Gasteiger partial charge in [0.05, 0.1) is 29.4 Å². The van der Waals surface area contributed by atoms with Gasteiger partial charge in [0.15, 0.2) is 0 Å². The van der Waals surface area contributed by atoms with Gasteiger partial charge in [-0.3, -0.25) is 0 Å². The van der Waals surface area contributed by atoms with Gasteiger partial charge in [-0.1, -0.05) is 36.4 Å². The highest BCUT2D eigenvalue weighted by atomic mass is 32.2. The SMILES string of the molecule is O=S(=O)(c1ccc(F)cc1)c1ccc(-c2cc(-c3ccc(S(=O)(=O)c4ccc(F)cc4)cc3)cc(-c3ccc(S(=O)(=O)c4ccc(F)cc4)cc3)c2)cc1. The Morgan fingerprint density at radius 2 is 0.407 bits per heavy atom. The van der Waals surface area contributed by atoms with Crippen molar-refractivity contribution in [1.29, 1.82) is 0 Å². The van der Waals surface area contributed by atoms with E-state index in [9.17, 15) is 38.4 Å². The number of sulfone groups is 3. The Balaban J connectivity index is 1.28. The molecule has 0 saturated carbocycles. The van der Waals surface area contributed by atoms with Crippen LogP contribution in [0.2, 0.25) is 0 Å². The van der Waals surface area contributed by atoms with E-state index in [2.05, 4.69) is 0 Å². The molecule has 0 bridgehead atoms. The number of hydrogen-bond acceptors (Lipinski definition) is 6. The lowest BCUT2D eigenvalue weighted by Crippen LogP contribution is -2.02. The third-order valence-electron chi connectivity index (χ3n) is 8.80. The van der Waals surface area contributed by atoms with E-state index in [1.54, 1.807) is 36.4 Å². The fraction of sp³-hybridized carbons (Fsp3) is 0. The third kappa shape index (κ3) is 7.23. The van der Waals surface area contributed by atoms with Gasteiger partial charge in [0, 0.05) is 0 Å². The zero-order valence-corrected chi connectivity index (χ0v) is 30.3. The molecule has 0 fully saturated rings. The Kier molecular flexibility index (Phi) is 9.61. The second-order valence-electron chi connectivity index (χ2n) is 12.2. The Hall–Kier alpha value is -5.82. The summed E-state index contributed by atoms with van der Waals surface area (Å²) < 4.78 is 120. The van der Waals surface area contributed by atoms with Crippen molar-refractivity contribution in [3.8, 4) is 33.4 Å². The maximum atomic E-state index is 13.5. The Bertz CT molecular complexity index is 2500. The molecule has 0 unspecified atom stereocenters. The zero-order chi connectivity index (χ0) is 38.3. The molecule has 0 aliphatic heterocycles. The van der Waals surface area contributed by atoms with Crippen LogP contribution in [0.5, 0.6) is 0 Å². The summed E-state index contributed by atoms with van der Waals surface area (Å²) >= 11 is 0. The lowest BCUT2D eigenvalue weighted by molar-refractivity contribution is 0.593. The highest BCUT2D eigenvalue weighted by Gasteiger charge is 2.21. The molecule has 7 rings (SSSR count). The van der Waals surface area contributed by atoms with Crippen molar-refractivity contribution < 1.29 is 38.4 Å². The molecular weight excluding hydrogens is 754 g/mol. The first-order valence-electron chi connectivity index (χ1n) is 16.2. The smallest absolute Gasteiger partial charge is 0.206 e. The van der Waals surface area contributed by atoms with E-state index in [0.717, 1.165) is 36.4 Å². The maximum Gasteiger partial charge on any atom is 0.206 e. The highest BCUT2D eigenvalue weighted by molar-refractivity contribution is 7.92. The first-order chi connectivity index (χ1) is 25.7. The maximum absolute atomic E-state index is 13.5. The Morgan fingerprint density at radius 1 is 0.241 bits per heavy atom. The normalized spacial score (nSPS) is 12.1. The fourth-order valence-corrected chi connectivity index (χ4v) is 9.64. The van der Waals surface area contributed by atoms with Gasteiger partial charge in [-0.2, -0.15) is 0 Å². The van der Waals surface area contributed by atoms with Crippen LogP contribution in [-0.4, -0.2) is 25.3 Å². The lowest BCUT2D eigenvalue weighted by atomic mass is 9.93. The summed E-state index contributed by atoms with van der Waals surface area (Å²) in [4.78, 5) is -0.164. The molecule has 7 aromatic rings. The first-order valence-corrected chi connectivity index (χ1v) is 20.7. The molecule has 270 valence electrons. The highest BCUT2D eigenvalue weighted by Crippen LogP contribution is 2.35. The van der Waals surface area contributed by atoms with Gasteiger partial charge >= 0.3 is 0 Å². The van der Waals surface area contributed by atoms with E-state index in [-0.39, 0.29) is 29.4 Å². The quantitative estimate of drug-likeness (QED) is 0.135. The molecule has 0 spiro atoms. The van der Waals surface area contributed by atoms with Gasteiger partial charge in [0.2, 0.25) is 29.5 Å². The molecule has 0 aromatic heterocycles. The van der Waals surface area contributed by atoms with Crippen molar-refractivity contribution in [2.75, 3.05) is 0 Å². The molecular formula is C42H27F3O6S3. The van der Waals surface area contributed by atoms with E-state index in [4.69, 9.17) is 0 Å². The largest absolute Gasteiger partial charge is 0.219 e. The van der Waals surface area contributed by atoms with Gasteiger partial charge < -0.3 is 0 Å². The van der Waals surface area contributed by atoms with Gasteiger partial charge in [-0.05, 0) is 161 Å². The fourth-order valence-electron chi connectivity index (χ4n) is 5.86. The number of hydrogen-bond donors (Lipinski definition) is 0. The molecule has 0 amide bonds. The standard InChI is InChI=1S/C42H27F3O6S3/c43-34-7-19-40(20-8-34)52(46,47)37-13-1-28(2-14-37)31-25-32(29-3-15-38(16-4-29)53(48,49)41-21-9-35(44)10-22-41)27-33(26-31)30-5-17-39(18-6-30)54(50,51)42-23-11-36(45)12-24-42/h1-27H. The summed E-state index contributed by atoms with van der Waals surface area (Å²) in [6, 6.07) is 37.7. The monoisotopic (exact) mass is 780 g/mol. The zero-order valence-electron chi connectivity index (χ0n) is 27.9. The van der Waals surface area contributed by atoms with Crippen molar-refractivity contribution in [2.24, 2.45) is 0 Å². The molecule has 0 saturated heterocycles. The summed E-state index contributed by atoms with van der Waals surface area (Å²) in [7, 11) is -11.8. The van der Waals surface area contributed by atoms with Crippen LogP contribution < -0.4 is 0 Å². The molecule has 7 aromatic carbocycles. The van der Waals surface area contributed by atoms with Crippen LogP contribution in [0.4, 0.5) is 13.2 Å². The van der Waals surface area contributed by atoms with E-state index < -0.39 is 47.0 Å². The van der Waals surface area contributed by atoms with E-state index in [1.165, 1.54) is 72.8 Å². The van der Waals surface area contributed by atoms with E-state index >= 15 is 0 Å². The Morgan fingerprint density at radius 3 is 0.593 bits per heavy atom. The second-order valence-corrected chi connectivity index (χ2v) is 18.1. The third-order valence-corrected chi connectivity index (χ3v) is 14.2. The summed E-state index contributed by atoms with van der Waals surface area (Å²) in [6.45, 7) is 0. The summed E-state index contributed by atoms with van der Waals surface area (Å²) in [6.07, 6.45) is 0. The number of halogens is 3. The van der Waals surface area contributed by atoms with Crippen LogP contribution in [0.1, 0.15) is 0 Å². The van der Waals surface area contributed by atoms with Gasteiger partial charge in [-0.25, -0.2) is 38.4 Å². The molecule has 0 aliphatic rings. The Labute approximate surface area is 310 Å². The lowest BCUT2D eigenvalue weighted by Gasteiger charge is -2.13. The number of rotatable bonds is 9. The minimum absolute atomic E-state index is 0.00476. The van der Waals surface area contributed by atoms with Crippen molar-refractivity contribution in [3.05, 3.63) is 181 Å². The number of benzene rings is 7. The van der Waals surface area contributed by atoms with Crippen molar-refractivity contribution in [3.63, 3.8) is 0 Å². The van der Waals surface area contributed by atoms with Crippen molar-refractivity contribution >= 4 is 29.5 Å². The minimum atomic E-state index is -3.94. The minimum Gasteiger partial charge on any atom is -0.219 e. The topological polar surface area (TPSA) is 102 Å². The molecule has 0 atom stereocenters. The van der Waals surface area contributed by atoms with Crippen molar-refractivity contribution in [2.45, 2.75) is 29.4 Å². The predicted octanol–water partition coefficient (Wildman–Crippen LogP) is 9.60. The molecule has 0 radical (unpaired) electrons. The molecule has 54 heavy (non-hydrogen) atoms. The van der Waals surface area contributed by atoms with Gasteiger partial charge in [0.25, 0.3) is 0 Å². The molecule has 0 heterocycles. The predicted molar refractivity (Wildman–Crippen MR) is 198 cm³/mol. The summed E-state index contributed by atoms with van der Waals surface area (Å²) in [5, 5.41) is 0. The summed E-state index contributed by atoms with van der Waals surface area (Å²) in [5.41, 5.74) is 3.92. The van der Waals surface area contributed by atoms with Crippen LogP contribution in [-0.2, 0) is 29.5 Å². The molecule has 6 nitrogen and oxygen atoms in total. The van der Waals surface area contributed by atoms with Crippen LogP contribution in [0.3, 0.4) is 0 Å². The van der Waals surface area contributed by atoms with E-state index in [1.807, 2.05) is 18.2 Å². The average molecular weight is 781 g/mol. The summed E-state index contributed by atoms with van der Waals surface area (Å²) in [5.74, 6) is -1.69.